The first-order chi connectivity index (χ1) is 13.5. The molecule has 4 aliphatic carbocycles. The quantitative estimate of drug-likeness (QED) is 0.746. The molecule has 4 bridgehead atoms. The van der Waals surface area contributed by atoms with E-state index in [0.29, 0.717) is 22.3 Å². The topological polar surface area (TPSA) is 90.1 Å². The molecule has 0 aromatic carbocycles. The van der Waals surface area contributed by atoms with Crippen molar-refractivity contribution in [1.29, 1.82) is 0 Å². The predicted octanol–water partition coefficient (Wildman–Crippen LogP) is 4.20. The molecule has 0 saturated heterocycles. The Balaban J connectivity index is 1.37. The fraction of sp³-hybridized carbons (Fsp3) is 0.714. The van der Waals surface area contributed by atoms with Crippen LogP contribution in [0, 0.1) is 23.2 Å². The minimum atomic E-state index is -0.507. The molecule has 28 heavy (non-hydrogen) atoms. The van der Waals surface area contributed by atoms with E-state index >= 15 is 0 Å². The number of nitrogens with one attached hydrogen (secondary N) is 1. The number of hydrogen-bond donors (Lipinski definition) is 1. The fourth-order valence-corrected chi connectivity index (χ4v) is 6.71. The Morgan fingerprint density at radius 2 is 1.93 bits per heavy atom. The number of hydrogen-bond acceptors (Lipinski definition) is 7. The first kappa shape index (κ1) is 17.9. The maximum atomic E-state index is 12.2. The average Bonchev–Trinajstić information content (AvgIpc) is 3.05. The molecule has 1 unspecified atom stereocenters. The van der Waals surface area contributed by atoms with E-state index in [1.165, 1.54) is 44.9 Å². The first-order valence-corrected chi connectivity index (χ1v) is 10.6. The maximum absolute atomic E-state index is 12.2. The van der Waals surface area contributed by atoms with Gasteiger partial charge in [-0.15, -0.1) is 0 Å². The Hall–Kier alpha value is -2.18. The lowest BCUT2D eigenvalue weighted by atomic mass is 9.48. The normalized spacial score (nSPS) is 31.9. The van der Waals surface area contributed by atoms with E-state index in [1.807, 2.05) is 0 Å². The molecule has 2 aromatic rings. The molecule has 4 fully saturated rings. The van der Waals surface area contributed by atoms with E-state index in [1.54, 1.807) is 6.92 Å². The molecule has 1 atom stereocenters. The number of carbonyl (C=O) groups is 1. The van der Waals surface area contributed by atoms with Gasteiger partial charge in [0.25, 0.3) is 5.71 Å². The molecule has 1 N–H and O–H groups in total. The van der Waals surface area contributed by atoms with Gasteiger partial charge in [0.05, 0.1) is 6.61 Å². The summed E-state index contributed by atoms with van der Waals surface area (Å²) >= 11 is 0. The second kappa shape index (κ2) is 6.71. The largest absolute Gasteiger partial charge is 0.461 e. The molecular weight excluding hydrogens is 356 g/mol. The molecule has 6 rings (SSSR count). The summed E-state index contributed by atoms with van der Waals surface area (Å²) in [5.41, 5.74) is 0.927. The zero-order valence-electron chi connectivity index (χ0n) is 16.6. The van der Waals surface area contributed by atoms with Crippen molar-refractivity contribution in [2.75, 3.05) is 11.9 Å². The Bertz CT molecular complexity index is 858. The van der Waals surface area contributed by atoms with Crippen LogP contribution in [0.5, 0.6) is 0 Å². The van der Waals surface area contributed by atoms with E-state index in [4.69, 9.17) is 9.26 Å². The van der Waals surface area contributed by atoms with Crippen molar-refractivity contribution in [3.05, 3.63) is 12.0 Å². The van der Waals surface area contributed by atoms with Gasteiger partial charge in [-0.3, -0.25) is 0 Å². The minimum absolute atomic E-state index is 0.141. The monoisotopic (exact) mass is 384 g/mol. The summed E-state index contributed by atoms with van der Waals surface area (Å²) in [6.07, 6.45) is 11.1. The standard InChI is InChI=1S/C21H28N4O3/c1-3-27-20(26)17-16-18(22-11-23-19(16)28-25-17)24-12(2)7-21-8-13-4-14(9-21)6-15(5-13)10-21/h11-15H,3-10H2,1-2H3,(H,22,23,24). The molecule has 0 radical (unpaired) electrons. The molecular formula is C21H28N4O3. The lowest BCUT2D eigenvalue weighted by molar-refractivity contribution is -0.0587. The zero-order valence-corrected chi connectivity index (χ0v) is 16.6. The summed E-state index contributed by atoms with van der Waals surface area (Å²) in [4.78, 5) is 20.7. The predicted molar refractivity (Wildman–Crippen MR) is 104 cm³/mol. The summed E-state index contributed by atoms with van der Waals surface area (Å²) in [6.45, 7) is 4.26. The summed E-state index contributed by atoms with van der Waals surface area (Å²) in [6, 6.07) is 0.249. The highest BCUT2D eigenvalue weighted by molar-refractivity contribution is 6.04. The highest BCUT2D eigenvalue weighted by Crippen LogP contribution is 2.61. The number of esters is 1. The van der Waals surface area contributed by atoms with Crippen LogP contribution >= 0.6 is 0 Å². The highest BCUT2D eigenvalue weighted by Gasteiger charge is 2.51. The molecule has 4 saturated carbocycles. The molecule has 4 aliphatic rings. The van der Waals surface area contributed by atoms with Crippen molar-refractivity contribution < 1.29 is 14.1 Å². The number of rotatable bonds is 6. The van der Waals surface area contributed by atoms with Crippen LogP contribution in [-0.2, 0) is 4.74 Å². The molecule has 7 heteroatoms. The molecule has 7 nitrogen and oxygen atoms in total. The van der Waals surface area contributed by atoms with Gasteiger partial charge < -0.3 is 14.6 Å². The van der Waals surface area contributed by atoms with Crippen LogP contribution in [0.1, 0.15) is 69.3 Å². The van der Waals surface area contributed by atoms with Crippen molar-refractivity contribution in [3.8, 4) is 0 Å². The molecule has 2 aromatic heterocycles. The van der Waals surface area contributed by atoms with Crippen LogP contribution in [0.4, 0.5) is 5.82 Å². The lowest BCUT2D eigenvalue weighted by Gasteiger charge is -2.57. The summed E-state index contributed by atoms with van der Waals surface area (Å²) < 4.78 is 10.3. The van der Waals surface area contributed by atoms with Gasteiger partial charge in [0, 0.05) is 6.04 Å². The maximum Gasteiger partial charge on any atom is 0.361 e. The first-order valence-electron chi connectivity index (χ1n) is 10.6. The van der Waals surface area contributed by atoms with Crippen molar-refractivity contribution in [3.63, 3.8) is 0 Å². The SMILES string of the molecule is CCOC(=O)c1noc2ncnc(NC(C)CC34CC5CC(CC(C5)C3)C4)c12. The summed E-state index contributed by atoms with van der Waals surface area (Å²) in [5, 5.41) is 7.91. The van der Waals surface area contributed by atoms with E-state index < -0.39 is 5.97 Å². The van der Waals surface area contributed by atoms with E-state index in [2.05, 4.69) is 27.4 Å². The number of nitrogens with zero attached hydrogens (tertiary/aromatic N) is 3. The van der Waals surface area contributed by atoms with Crippen LogP contribution in [0.3, 0.4) is 0 Å². The Morgan fingerprint density at radius 3 is 2.57 bits per heavy atom. The number of ether oxygens (including phenoxy) is 1. The molecule has 150 valence electrons. The van der Waals surface area contributed by atoms with Gasteiger partial charge >= 0.3 is 5.97 Å². The summed E-state index contributed by atoms with van der Waals surface area (Å²) in [5.74, 6) is 2.92. The van der Waals surface area contributed by atoms with Gasteiger partial charge in [0.2, 0.25) is 5.69 Å². The van der Waals surface area contributed by atoms with Gasteiger partial charge in [-0.05, 0) is 82.0 Å². The van der Waals surface area contributed by atoms with Gasteiger partial charge in [-0.1, -0.05) is 5.16 Å². The third-order valence-electron chi connectivity index (χ3n) is 7.03. The molecule has 2 heterocycles. The van der Waals surface area contributed by atoms with E-state index in [0.717, 1.165) is 24.2 Å². The third-order valence-corrected chi connectivity index (χ3v) is 7.03. The second-order valence-electron chi connectivity index (χ2n) is 9.32. The van der Waals surface area contributed by atoms with E-state index in [9.17, 15) is 4.79 Å². The average molecular weight is 384 g/mol. The lowest BCUT2D eigenvalue weighted by Crippen LogP contribution is -2.47. The van der Waals surface area contributed by atoms with Crippen molar-refractivity contribution in [2.45, 2.75) is 64.8 Å². The Labute approximate surface area is 164 Å². The van der Waals surface area contributed by atoms with Crippen molar-refractivity contribution >= 4 is 22.9 Å². The van der Waals surface area contributed by atoms with Gasteiger partial charge in [0.15, 0.2) is 0 Å². The molecule has 0 aliphatic heterocycles. The fourth-order valence-electron chi connectivity index (χ4n) is 6.71. The van der Waals surface area contributed by atoms with E-state index in [-0.39, 0.29) is 18.3 Å². The molecule has 0 amide bonds. The van der Waals surface area contributed by atoms with Crippen LogP contribution in [0.25, 0.3) is 11.1 Å². The van der Waals surface area contributed by atoms with Crippen molar-refractivity contribution in [2.24, 2.45) is 23.2 Å². The van der Waals surface area contributed by atoms with Crippen LogP contribution in [-0.4, -0.2) is 33.7 Å². The Kier molecular flexibility index (Phi) is 4.29. The van der Waals surface area contributed by atoms with Crippen LogP contribution in [0.15, 0.2) is 10.9 Å². The smallest absolute Gasteiger partial charge is 0.361 e. The van der Waals surface area contributed by atoms with Gasteiger partial charge in [0.1, 0.15) is 17.5 Å². The number of aromatic nitrogens is 3. The van der Waals surface area contributed by atoms with Gasteiger partial charge in [-0.2, -0.15) is 4.98 Å². The van der Waals surface area contributed by atoms with Gasteiger partial charge in [-0.25, -0.2) is 9.78 Å². The van der Waals surface area contributed by atoms with Crippen LogP contribution < -0.4 is 5.32 Å². The zero-order chi connectivity index (χ0) is 19.3. The Morgan fingerprint density at radius 1 is 1.25 bits per heavy atom. The highest BCUT2D eigenvalue weighted by atomic mass is 16.5. The number of carbonyl (C=O) groups excluding carboxylic acids is 1. The number of anilines is 1. The summed E-state index contributed by atoms with van der Waals surface area (Å²) in [7, 11) is 0. The van der Waals surface area contributed by atoms with Crippen LogP contribution in [0.2, 0.25) is 0 Å². The minimum Gasteiger partial charge on any atom is -0.461 e. The van der Waals surface area contributed by atoms with Crippen molar-refractivity contribution in [1.82, 2.24) is 15.1 Å². The molecule has 0 spiro atoms. The number of fused-ring (bicyclic) bond motifs is 1. The second-order valence-corrected chi connectivity index (χ2v) is 9.32. The third kappa shape index (κ3) is 3.05.